The maximum Gasteiger partial charge on any atom is 0.0936 e. The van der Waals surface area contributed by atoms with Gasteiger partial charge in [-0.1, -0.05) is 23.7 Å². The third-order valence-electron chi connectivity index (χ3n) is 2.12. The molecule has 1 heterocycles. The molecule has 0 spiro atoms. The molecule has 0 unspecified atom stereocenters. The van der Waals surface area contributed by atoms with E-state index in [1.165, 1.54) is 0 Å². The molecule has 0 aliphatic heterocycles. The van der Waals surface area contributed by atoms with Gasteiger partial charge in [0.1, 0.15) is 0 Å². The van der Waals surface area contributed by atoms with Crippen LogP contribution in [0.2, 0.25) is 5.02 Å². The topological polar surface area (TPSA) is 37.9 Å². The second-order valence-electron chi connectivity index (χ2n) is 3.17. The Labute approximate surface area is 93.1 Å². The number of aromatic amines is 1. The number of hydrogen-bond acceptors (Lipinski definition) is 2. The number of nitrogens with zero attached hydrogens (tertiary/aromatic N) is 1. The molecule has 0 atom stereocenters. The van der Waals surface area contributed by atoms with E-state index in [1.54, 1.807) is 13.4 Å². The largest absolute Gasteiger partial charge is 0.378 e. The van der Waals surface area contributed by atoms with Crippen LogP contribution in [0, 0.1) is 0 Å². The first-order valence-corrected chi connectivity index (χ1v) is 4.96. The van der Waals surface area contributed by atoms with Crippen LogP contribution in [0.25, 0.3) is 11.3 Å². The summed E-state index contributed by atoms with van der Waals surface area (Å²) in [6.45, 7) is 0.526. The van der Waals surface area contributed by atoms with E-state index in [0.717, 1.165) is 22.0 Å². The van der Waals surface area contributed by atoms with E-state index in [2.05, 4.69) is 9.97 Å². The molecule has 1 N–H and O–H groups in total. The highest BCUT2D eigenvalue weighted by Gasteiger charge is 2.07. The average molecular weight is 223 g/mol. The SMILES string of the molecule is COCc1[nH]cnc1-c1ccc(Cl)cc1. The monoisotopic (exact) mass is 222 g/mol. The number of aromatic nitrogens is 2. The first kappa shape index (κ1) is 10.2. The zero-order chi connectivity index (χ0) is 10.7. The minimum Gasteiger partial charge on any atom is -0.378 e. The van der Waals surface area contributed by atoms with E-state index >= 15 is 0 Å². The number of halogens is 1. The fourth-order valence-corrected chi connectivity index (χ4v) is 1.56. The fraction of sp³-hybridized carbons (Fsp3) is 0.182. The highest BCUT2D eigenvalue weighted by Crippen LogP contribution is 2.22. The van der Waals surface area contributed by atoms with Crippen molar-refractivity contribution in [2.75, 3.05) is 7.11 Å². The molecule has 0 amide bonds. The molecule has 0 radical (unpaired) electrons. The number of ether oxygens (including phenoxy) is 1. The van der Waals surface area contributed by atoms with Crippen molar-refractivity contribution in [1.82, 2.24) is 9.97 Å². The van der Waals surface area contributed by atoms with Gasteiger partial charge in [-0.15, -0.1) is 0 Å². The Kier molecular flexibility index (Phi) is 3.04. The van der Waals surface area contributed by atoms with Crippen LogP contribution in [0.1, 0.15) is 5.69 Å². The number of nitrogens with one attached hydrogen (secondary N) is 1. The molecule has 0 saturated carbocycles. The van der Waals surface area contributed by atoms with Gasteiger partial charge in [-0.25, -0.2) is 4.98 Å². The third kappa shape index (κ3) is 2.19. The van der Waals surface area contributed by atoms with Crippen LogP contribution >= 0.6 is 11.6 Å². The van der Waals surface area contributed by atoms with Crippen molar-refractivity contribution in [2.24, 2.45) is 0 Å². The zero-order valence-electron chi connectivity index (χ0n) is 8.33. The van der Waals surface area contributed by atoms with Crippen LogP contribution in [-0.4, -0.2) is 17.1 Å². The number of imidazole rings is 1. The van der Waals surface area contributed by atoms with Gasteiger partial charge in [0.2, 0.25) is 0 Å². The van der Waals surface area contributed by atoms with Crippen molar-refractivity contribution in [1.29, 1.82) is 0 Å². The Bertz CT molecular complexity index is 436. The van der Waals surface area contributed by atoms with Crippen molar-refractivity contribution in [2.45, 2.75) is 6.61 Å². The zero-order valence-corrected chi connectivity index (χ0v) is 9.08. The second-order valence-corrected chi connectivity index (χ2v) is 3.61. The van der Waals surface area contributed by atoms with Gasteiger partial charge in [-0.3, -0.25) is 0 Å². The summed E-state index contributed by atoms with van der Waals surface area (Å²) in [6, 6.07) is 7.58. The number of benzene rings is 1. The lowest BCUT2D eigenvalue weighted by Crippen LogP contribution is -1.91. The van der Waals surface area contributed by atoms with E-state index in [9.17, 15) is 0 Å². The standard InChI is InChI=1S/C11H11ClN2O/c1-15-6-10-11(14-7-13-10)8-2-4-9(12)5-3-8/h2-5,7H,6H2,1H3,(H,13,14). The first-order chi connectivity index (χ1) is 7.31. The lowest BCUT2D eigenvalue weighted by molar-refractivity contribution is 0.182. The maximum absolute atomic E-state index is 5.82. The third-order valence-corrected chi connectivity index (χ3v) is 2.38. The molecular formula is C11H11ClN2O. The van der Waals surface area contributed by atoms with Crippen LogP contribution in [0.3, 0.4) is 0 Å². The summed E-state index contributed by atoms with van der Waals surface area (Å²) in [5.41, 5.74) is 2.92. The van der Waals surface area contributed by atoms with Gasteiger partial charge in [-0.2, -0.15) is 0 Å². The summed E-state index contributed by atoms with van der Waals surface area (Å²) in [5, 5.41) is 0.725. The Morgan fingerprint density at radius 2 is 2.07 bits per heavy atom. The smallest absolute Gasteiger partial charge is 0.0936 e. The van der Waals surface area contributed by atoms with Crippen LogP contribution in [0.5, 0.6) is 0 Å². The number of H-pyrrole nitrogens is 1. The molecular weight excluding hydrogens is 212 g/mol. The van der Waals surface area contributed by atoms with Crippen molar-refractivity contribution < 1.29 is 4.74 Å². The molecule has 0 aliphatic rings. The Morgan fingerprint density at radius 1 is 1.33 bits per heavy atom. The summed E-state index contributed by atoms with van der Waals surface area (Å²) >= 11 is 5.82. The van der Waals surface area contributed by atoms with E-state index in [-0.39, 0.29) is 0 Å². The number of methoxy groups -OCH3 is 1. The maximum atomic E-state index is 5.82. The second kappa shape index (κ2) is 4.47. The highest BCUT2D eigenvalue weighted by atomic mass is 35.5. The molecule has 1 aromatic heterocycles. The summed E-state index contributed by atoms with van der Waals surface area (Å²) in [5.74, 6) is 0. The van der Waals surface area contributed by atoms with Gasteiger partial charge in [0.25, 0.3) is 0 Å². The lowest BCUT2D eigenvalue weighted by Gasteiger charge is -2.01. The van der Waals surface area contributed by atoms with Crippen LogP contribution in [0.15, 0.2) is 30.6 Å². The Hall–Kier alpha value is -1.32. The predicted molar refractivity (Wildman–Crippen MR) is 59.7 cm³/mol. The van der Waals surface area contributed by atoms with Crippen LogP contribution < -0.4 is 0 Å². The van der Waals surface area contributed by atoms with Crippen molar-refractivity contribution in [3.63, 3.8) is 0 Å². The molecule has 78 valence electrons. The Morgan fingerprint density at radius 3 is 2.73 bits per heavy atom. The summed E-state index contributed by atoms with van der Waals surface area (Å²) < 4.78 is 5.07. The normalized spacial score (nSPS) is 10.5. The van der Waals surface area contributed by atoms with Gasteiger partial charge in [0.05, 0.1) is 24.3 Å². The quantitative estimate of drug-likeness (QED) is 0.867. The lowest BCUT2D eigenvalue weighted by atomic mass is 10.1. The van der Waals surface area contributed by atoms with Gasteiger partial charge >= 0.3 is 0 Å². The predicted octanol–water partition coefficient (Wildman–Crippen LogP) is 2.88. The molecule has 0 saturated heterocycles. The van der Waals surface area contributed by atoms with Crippen molar-refractivity contribution >= 4 is 11.6 Å². The molecule has 1 aromatic carbocycles. The summed E-state index contributed by atoms with van der Waals surface area (Å²) in [7, 11) is 1.66. The highest BCUT2D eigenvalue weighted by molar-refractivity contribution is 6.30. The molecule has 0 fully saturated rings. The van der Waals surface area contributed by atoms with Gasteiger partial charge in [0.15, 0.2) is 0 Å². The van der Waals surface area contributed by atoms with Gasteiger partial charge in [0, 0.05) is 17.7 Å². The van der Waals surface area contributed by atoms with Crippen LogP contribution in [-0.2, 0) is 11.3 Å². The minimum absolute atomic E-state index is 0.526. The molecule has 0 bridgehead atoms. The summed E-state index contributed by atoms with van der Waals surface area (Å²) in [4.78, 5) is 7.31. The Balaban J connectivity index is 2.36. The van der Waals surface area contributed by atoms with E-state index in [0.29, 0.717) is 6.61 Å². The molecule has 0 aliphatic carbocycles. The first-order valence-electron chi connectivity index (χ1n) is 4.58. The molecule has 3 nitrogen and oxygen atoms in total. The van der Waals surface area contributed by atoms with E-state index in [4.69, 9.17) is 16.3 Å². The van der Waals surface area contributed by atoms with E-state index < -0.39 is 0 Å². The van der Waals surface area contributed by atoms with E-state index in [1.807, 2.05) is 24.3 Å². The molecule has 15 heavy (non-hydrogen) atoms. The number of hydrogen-bond donors (Lipinski definition) is 1. The molecule has 2 rings (SSSR count). The molecule has 4 heteroatoms. The van der Waals surface area contributed by atoms with Gasteiger partial charge in [-0.05, 0) is 12.1 Å². The van der Waals surface area contributed by atoms with Crippen molar-refractivity contribution in [3.05, 3.63) is 41.3 Å². The minimum atomic E-state index is 0.526. The number of rotatable bonds is 3. The average Bonchev–Trinajstić information content (AvgIpc) is 2.68. The summed E-state index contributed by atoms with van der Waals surface area (Å²) in [6.07, 6.45) is 1.66. The van der Waals surface area contributed by atoms with Gasteiger partial charge < -0.3 is 9.72 Å². The molecule has 2 aromatic rings. The van der Waals surface area contributed by atoms with Crippen molar-refractivity contribution in [3.8, 4) is 11.3 Å². The fourth-order valence-electron chi connectivity index (χ4n) is 1.43. The van der Waals surface area contributed by atoms with Crippen LogP contribution in [0.4, 0.5) is 0 Å².